The lowest BCUT2D eigenvalue weighted by molar-refractivity contribution is 0.445. The largest absolute Gasteiger partial charge is 0.250 e. The number of hydrogen-bond acceptors (Lipinski definition) is 3. The van der Waals surface area contributed by atoms with Gasteiger partial charge in [-0.2, -0.15) is 0 Å². The van der Waals surface area contributed by atoms with Gasteiger partial charge < -0.3 is 0 Å². The molecule has 1 aromatic heterocycles. The molecule has 0 radical (unpaired) electrons. The molecule has 0 aromatic carbocycles. The summed E-state index contributed by atoms with van der Waals surface area (Å²) in [5.41, 5.74) is -0.628. The van der Waals surface area contributed by atoms with Crippen LogP contribution in [0.25, 0.3) is 0 Å². The van der Waals surface area contributed by atoms with Crippen molar-refractivity contribution >= 4 is 44.6 Å². The number of alkyl halides is 1. The average Bonchev–Trinajstić information content (AvgIpc) is 2.65. The molecule has 0 aliphatic rings. The van der Waals surface area contributed by atoms with Crippen LogP contribution in [0, 0.1) is 0 Å². The van der Waals surface area contributed by atoms with E-state index < -0.39 is 15.6 Å². The molecule has 0 saturated heterocycles. The maximum absolute atomic E-state index is 12.0. The fraction of sp³-hybridized carbons (Fsp3) is 0.556. The SMILES string of the molecule is CCC(C)(CCl)NS(=O)(=O)c1ccc(Cl)s1. The summed E-state index contributed by atoms with van der Waals surface area (Å²) >= 11 is 12.5. The highest BCUT2D eigenvalue weighted by molar-refractivity contribution is 7.91. The van der Waals surface area contributed by atoms with E-state index in [1.807, 2.05) is 6.92 Å². The van der Waals surface area contributed by atoms with Gasteiger partial charge in [-0.15, -0.1) is 22.9 Å². The van der Waals surface area contributed by atoms with Crippen molar-refractivity contribution < 1.29 is 8.42 Å². The van der Waals surface area contributed by atoms with Gasteiger partial charge in [0.1, 0.15) is 4.21 Å². The number of hydrogen-bond donors (Lipinski definition) is 1. The van der Waals surface area contributed by atoms with Crippen LogP contribution >= 0.6 is 34.5 Å². The van der Waals surface area contributed by atoms with Gasteiger partial charge in [0.25, 0.3) is 10.0 Å². The van der Waals surface area contributed by atoms with E-state index >= 15 is 0 Å². The van der Waals surface area contributed by atoms with Crippen LogP contribution in [0.15, 0.2) is 16.3 Å². The molecule has 7 heteroatoms. The minimum absolute atomic E-state index is 0.210. The highest BCUT2D eigenvalue weighted by Gasteiger charge is 2.29. The third-order valence-corrected chi connectivity index (χ3v) is 6.22. The van der Waals surface area contributed by atoms with Crippen molar-refractivity contribution in [1.82, 2.24) is 4.72 Å². The Hall–Kier alpha value is 0.190. The van der Waals surface area contributed by atoms with Gasteiger partial charge in [-0.3, -0.25) is 0 Å². The van der Waals surface area contributed by atoms with Crippen LogP contribution in [-0.2, 0) is 10.0 Å². The minimum atomic E-state index is -3.52. The predicted molar refractivity (Wildman–Crippen MR) is 69.1 cm³/mol. The zero-order valence-corrected chi connectivity index (χ0v) is 12.1. The third-order valence-electron chi connectivity index (χ3n) is 2.27. The van der Waals surface area contributed by atoms with Crippen LogP contribution in [0.1, 0.15) is 20.3 Å². The summed E-state index contributed by atoms with van der Waals surface area (Å²) in [5, 5.41) is 0. The highest BCUT2D eigenvalue weighted by atomic mass is 35.5. The third kappa shape index (κ3) is 3.34. The molecule has 0 spiro atoms. The fourth-order valence-electron chi connectivity index (χ4n) is 1.01. The summed E-state index contributed by atoms with van der Waals surface area (Å²) in [6, 6.07) is 3.05. The topological polar surface area (TPSA) is 46.2 Å². The number of thiophene rings is 1. The first-order valence-corrected chi connectivity index (χ1v) is 7.89. The van der Waals surface area contributed by atoms with Crippen LogP contribution in [0.4, 0.5) is 0 Å². The van der Waals surface area contributed by atoms with Crippen LogP contribution in [-0.4, -0.2) is 19.8 Å². The number of sulfonamides is 1. The second-order valence-corrected chi connectivity index (χ2v) is 7.60. The molecule has 92 valence electrons. The van der Waals surface area contributed by atoms with E-state index in [0.29, 0.717) is 10.8 Å². The van der Waals surface area contributed by atoms with Crippen molar-refractivity contribution in [2.75, 3.05) is 5.88 Å². The zero-order chi connectivity index (χ0) is 12.4. The maximum Gasteiger partial charge on any atom is 0.250 e. The molecule has 0 bridgehead atoms. The molecule has 1 atom stereocenters. The van der Waals surface area contributed by atoms with Crippen molar-refractivity contribution in [1.29, 1.82) is 0 Å². The Bertz CT molecular complexity index is 452. The van der Waals surface area contributed by atoms with Crippen LogP contribution in [0.5, 0.6) is 0 Å². The van der Waals surface area contributed by atoms with Gasteiger partial charge in [-0.25, -0.2) is 13.1 Å². The van der Waals surface area contributed by atoms with Gasteiger partial charge in [-0.05, 0) is 25.5 Å². The number of halogens is 2. The molecule has 0 amide bonds. The molecule has 3 nitrogen and oxygen atoms in total. The number of nitrogens with one attached hydrogen (secondary N) is 1. The summed E-state index contributed by atoms with van der Waals surface area (Å²) in [7, 11) is -3.52. The molecule has 1 N–H and O–H groups in total. The normalized spacial score (nSPS) is 16.0. The van der Waals surface area contributed by atoms with Crippen molar-refractivity contribution in [3.63, 3.8) is 0 Å². The van der Waals surface area contributed by atoms with Crippen LogP contribution in [0.2, 0.25) is 4.34 Å². The first-order valence-electron chi connectivity index (χ1n) is 4.68. The van der Waals surface area contributed by atoms with Gasteiger partial charge in [-0.1, -0.05) is 18.5 Å². The molecule has 0 aliphatic heterocycles. The fourth-order valence-corrected chi connectivity index (χ4v) is 4.31. The average molecular weight is 302 g/mol. The molecule has 0 saturated carbocycles. The van der Waals surface area contributed by atoms with E-state index in [4.69, 9.17) is 23.2 Å². The first kappa shape index (κ1) is 14.3. The quantitative estimate of drug-likeness (QED) is 0.850. The number of rotatable bonds is 5. The lowest BCUT2D eigenvalue weighted by Gasteiger charge is -2.26. The highest BCUT2D eigenvalue weighted by Crippen LogP contribution is 2.27. The van der Waals surface area contributed by atoms with Crippen molar-refractivity contribution in [2.45, 2.75) is 30.0 Å². The Morgan fingerprint density at radius 1 is 1.50 bits per heavy atom. The summed E-state index contributed by atoms with van der Waals surface area (Å²) in [5.74, 6) is 0.224. The smallest absolute Gasteiger partial charge is 0.206 e. The Morgan fingerprint density at radius 2 is 2.12 bits per heavy atom. The molecule has 0 fully saturated rings. The van der Waals surface area contributed by atoms with Gasteiger partial charge in [0.2, 0.25) is 0 Å². The maximum atomic E-state index is 12.0. The lowest BCUT2D eigenvalue weighted by Crippen LogP contribution is -2.46. The zero-order valence-electron chi connectivity index (χ0n) is 8.96. The minimum Gasteiger partial charge on any atom is -0.206 e. The Labute approximate surface area is 110 Å². The summed E-state index contributed by atoms with van der Waals surface area (Å²) in [4.78, 5) is 0. The molecule has 1 aromatic rings. The Morgan fingerprint density at radius 3 is 2.50 bits per heavy atom. The van der Waals surface area contributed by atoms with E-state index in [0.717, 1.165) is 11.3 Å². The standard InChI is InChI=1S/C9H13Cl2NO2S2/c1-3-9(2,6-10)12-16(13,14)8-5-4-7(11)15-8/h4-5,12H,3,6H2,1-2H3. The Balaban J connectivity index is 2.96. The van der Waals surface area contributed by atoms with Crippen LogP contribution in [0.3, 0.4) is 0 Å². The molecule has 1 heterocycles. The second-order valence-electron chi connectivity index (χ2n) is 3.71. The predicted octanol–water partition coefficient (Wildman–Crippen LogP) is 3.09. The van der Waals surface area contributed by atoms with E-state index in [2.05, 4.69) is 4.72 Å². The monoisotopic (exact) mass is 301 g/mol. The van der Waals surface area contributed by atoms with Crippen LogP contribution < -0.4 is 4.72 Å². The summed E-state index contributed by atoms with van der Waals surface area (Å²) in [6.45, 7) is 3.65. The van der Waals surface area contributed by atoms with Gasteiger partial charge in [0, 0.05) is 11.4 Å². The summed E-state index contributed by atoms with van der Waals surface area (Å²) < 4.78 is 27.2. The van der Waals surface area contributed by atoms with E-state index in [1.54, 1.807) is 13.0 Å². The van der Waals surface area contributed by atoms with Crippen molar-refractivity contribution in [2.24, 2.45) is 0 Å². The molecule has 0 aliphatic carbocycles. The van der Waals surface area contributed by atoms with Crippen molar-refractivity contribution in [3.05, 3.63) is 16.5 Å². The molecule has 1 rings (SSSR count). The lowest BCUT2D eigenvalue weighted by atomic mass is 10.0. The molecule has 1 unspecified atom stereocenters. The Kier molecular flexibility index (Phi) is 4.66. The molecular formula is C9H13Cl2NO2S2. The van der Waals surface area contributed by atoms with E-state index in [1.165, 1.54) is 6.07 Å². The van der Waals surface area contributed by atoms with Gasteiger partial charge in [0.15, 0.2) is 0 Å². The van der Waals surface area contributed by atoms with Crippen molar-refractivity contribution in [3.8, 4) is 0 Å². The van der Waals surface area contributed by atoms with Gasteiger partial charge >= 0.3 is 0 Å². The molecule has 16 heavy (non-hydrogen) atoms. The van der Waals surface area contributed by atoms with Gasteiger partial charge in [0.05, 0.1) is 4.34 Å². The van der Waals surface area contributed by atoms with E-state index in [-0.39, 0.29) is 10.1 Å². The summed E-state index contributed by atoms with van der Waals surface area (Å²) in [6.07, 6.45) is 0.620. The molecular weight excluding hydrogens is 289 g/mol. The second kappa shape index (κ2) is 5.23. The van der Waals surface area contributed by atoms with E-state index in [9.17, 15) is 8.42 Å². The first-order chi connectivity index (χ1) is 7.33.